The predicted octanol–water partition coefficient (Wildman–Crippen LogP) is 16.6. The molecule has 1 N–H and O–H groups in total. The second-order valence-electron chi connectivity index (χ2n) is 20.6. The quantitative estimate of drug-likeness (QED) is 0.0281. The monoisotopic (exact) mass is 921 g/mol. The van der Waals surface area contributed by atoms with Gasteiger partial charge in [-0.1, -0.05) is 238 Å². The van der Waals surface area contributed by atoms with Gasteiger partial charge in [0, 0.05) is 19.3 Å². The highest BCUT2D eigenvalue weighted by atomic mass is 16.6. The van der Waals surface area contributed by atoms with Crippen molar-refractivity contribution in [1.29, 1.82) is 0 Å². The van der Waals surface area contributed by atoms with Crippen LogP contribution >= 0.6 is 0 Å². The summed E-state index contributed by atoms with van der Waals surface area (Å²) in [5.41, 5.74) is 0. The Balaban J connectivity index is 4.14. The first-order valence-electron chi connectivity index (χ1n) is 28.2. The second-order valence-corrected chi connectivity index (χ2v) is 20.6. The molecule has 0 rings (SSSR count). The summed E-state index contributed by atoms with van der Waals surface area (Å²) in [5, 5.41) is 9.67. The first kappa shape index (κ1) is 63.1. The van der Waals surface area contributed by atoms with E-state index >= 15 is 0 Å². The topological polar surface area (TPSA) is 99.1 Å². The fourth-order valence-corrected chi connectivity index (χ4v) is 8.80. The smallest absolute Gasteiger partial charge is 0.362 e. The number of carboxylic acids is 1. The molecule has 0 aromatic carbocycles. The van der Waals surface area contributed by atoms with Gasteiger partial charge in [0.15, 0.2) is 12.1 Å². The van der Waals surface area contributed by atoms with Crippen LogP contribution in [0.5, 0.6) is 0 Å². The number of likely N-dealkylation sites (N-methyl/N-ethyl adjacent to an activating group) is 1. The van der Waals surface area contributed by atoms with Crippen LogP contribution in [-0.2, 0) is 28.6 Å². The predicted molar refractivity (Wildman–Crippen MR) is 276 cm³/mol. The minimum Gasteiger partial charge on any atom is -0.477 e. The average molecular weight is 922 g/mol. The van der Waals surface area contributed by atoms with E-state index in [2.05, 4.69) is 26.0 Å². The van der Waals surface area contributed by atoms with Gasteiger partial charge in [-0.2, -0.15) is 0 Å². The van der Waals surface area contributed by atoms with Crippen LogP contribution in [0, 0.1) is 0 Å². The lowest BCUT2D eigenvalue weighted by Crippen LogP contribution is -2.50. The number of hydrogen-bond acceptors (Lipinski definition) is 6. The van der Waals surface area contributed by atoms with Crippen molar-refractivity contribution in [3.8, 4) is 0 Å². The van der Waals surface area contributed by atoms with Crippen molar-refractivity contribution in [2.75, 3.05) is 41.0 Å². The third-order valence-electron chi connectivity index (χ3n) is 13.2. The maximum absolute atomic E-state index is 12.8. The molecule has 0 bridgehead atoms. The molecule has 0 aromatic heterocycles. The molecule has 0 heterocycles. The number of esters is 2. The number of allylic oxidation sites excluding steroid dienone is 2. The van der Waals surface area contributed by atoms with E-state index in [-0.39, 0.29) is 36.2 Å². The Morgan fingerprint density at radius 3 is 1.11 bits per heavy atom. The summed E-state index contributed by atoms with van der Waals surface area (Å²) >= 11 is 0. The van der Waals surface area contributed by atoms with E-state index in [4.69, 9.17) is 14.2 Å². The first-order chi connectivity index (χ1) is 31.6. The molecule has 0 aromatic rings. The van der Waals surface area contributed by atoms with Crippen LogP contribution in [0.2, 0.25) is 0 Å². The number of aliphatic carboxylic acids is 1. The zero-order chi connectivity index (χ0) is 47.7. The molecular formula is C57H110NO7+. The molecule has 0 aliphatic heterocycles. The number of quaternary nitrogens is 1. The molecule has 0 aliphatic carbocycles. The van der Waals surface area contributed by atoms with Crippen molar-refractivity contribution in [2.45, 2.75) is 296 Å². The molecule has 0 radical (unpaired) electrons. The summed E-state index contributed by atoms with van der Waals surface area (Å²) in [7, 11) is 5.55. The van der Waals surface area contributed by atoms with Gasteiger partial charge in [0.05, 0.1) is 34.4 Å². The number of carbonyl (C=O) groups excluding carboxylic acids is 2. The summed E-state index contributed by atoms with van der Waals surface area (Å²) in [6.07, 6.45) is 55.6. The zero-order valence-corrected chi connectivity index (χ0v) is 44.0. The zero-order valence-electron chi connectivity index (χ0n) is 44.0. The van der Waals surface area contributed by atoms with Gasteiger partial charge in [-0.25, -0.2) is 4.79 Å². The molecule has 8 nitrogen and oxygen atoms in total. The molecule has 0 fully saturated rings. The fraction of sp³-hybridized carbons (Fsp3) is 0.912. The van der Waals surface area contributed by atoms with E-state index in [0.29, 0.717) is 19.3 Å². The van der Waals surface area contributed by atoms with E-state index < -0.39 is 18.1 Å². The Morgan fingerprint density at radius 2 is 0.769 bits per heavy atom. The van der Waals surface area contributed by atoms with Gasteiger partial charge in [-0.15, -0.1) is 0 Å². The molecule has 0 spiro atoms. The first-order valence-corrected chi connectivity index (χ1v) is 28.2. The van der Waals surface area contributed by atoms with Gasteiger partial charge < -0.3 is 23.8 Å². The summed E-state index contributed by atoms with van der Waals surface area (Å²) in [6, 6.07) is -0.612. The fourth-order valence-electron chi connectivity index (χ4n) is 8.80. The van der Waals surface area contributed by atoms with Crippen LogP contribution in [0.1, 0.15) is 284 Å². The third kappa shape index (κ3) is 46.9. The summed E-state index contributed by atoms with van der Waals surface area (Å²) in [5.74, 6) is -1.45. The number of rotatable bonds is 52. The standard InChI is InChI=1S/C57H109NO7/c1-6-8-10-12-14-16-18-20-22-24-26-27-28-30-31-33-35-37-39-41-43-45-47-55(59)64-52-53(51-63-50-49-54(57(61)62)58(3,4)5)65-56(60)48-46-44-42-40-38-36-34-32-29-25-23-21-19-17-15-13-11-9-7-2/h25,29,53-54H,6-24,26-28,30-52H2,1-5H3/p+1/b29-25+. The number of nitrogens with zero attached hydrogens (tertiary/aromatic N) is 1. The molecule has 0 saturated carbocycles. The van der Waals surface area contributed by atoms with Crippen LogP contribution in [-0.4, -0.2) is 80.6 Å². The summed E-state index contributed by atoms with van der Waals surface area (Å²) in [6.45, 7) is 4.79. The Kier molecular flexibility index (Phi) is 47.1. The van der Waals surface area contributed by atoms with Crippen molar-refractivity contribution in [3.05, 3.63) is 12.2 Å². The lowest BCUT2D eigenvalue weighted by atomic mass is 10.0. The minimum absolute atomic E-state index is 0.0457. The van der Waals surface area contributed by atoms with Crippen molar-refractivity contribution >= 4 is 17.9 Å². The number of unbranched alkanes of at least 4 members (excludes halogenated alkanes) is 36. The Morgan fingerprint density at radius 1 is 0.446 bits per heavy atom. The summed E-state index contributed by atoms with van der Waals surface area (Å²) in [4.78, 5) is 37.2. The second kappa shape index (κ2) is 48.5. The van der Waals surface area contributed by atoms with Crippen molar-refractivity contribution in [1.82, 2.24) is 0 Å². The van der Waals surface area contributed by atoms with Crippen LogP contribution in [0.25, 0.3) is 0 Å². The maximum atomic E-state index is 12.8. The molecule has 8 heteroatoms. The molecule has 2 atom stereocenters. The Bertz CT molecular complexity index is 1070. The molecule has 0 saturated heterocycles. The lowest BCUT2D eigenvalue weighted by Gasteiger charge is -2.31. The SMILES string of the molecule is CCCCCCCCCC/C=C/CCCCCCCCCC(=O)OC(COCCC(C(=O)O)[N+](C)(C)C)COC(=O)CCCCCCCCCCCCCCCCCCCCCCCC. The van der Waals surface area contributed by atoms with E-state index in [1.165, 1.54) is 212 Å². The van der Waals surface area contributed by atoms with Gasteiger partial charge in [-0.3, -0.25) is 9.59 Å². The van der Waals surface area contributed by atoms with Gasteiger partial charge in [0.25, 0.3) is 0 Å². The highest BCUT2D eigenvalue weighted by Crippen LogP contribution is 2.17. The van der Waals surface area contributed by atoms with E-state index in [1.54, 1.807) is 0 Å². The van der Waals surface area contributed by atoms with Crippen LogP contribution in [0.3, 0.4) is 0 Å². The third-order valence-corrected chi connectivity index (χ3v) is 13.2. The van der Waals surface area contributed by atoms with E-state index in [1.807, 2.05) is 21.1 Å². The van der Waals surface area contributed by atoms with E-state index in [0.717, 1.165) is 38.5 Å². The van der Waals surface area contributed by atoms with Gasteiger partial charge in [0.1, 0.15) is 6.61 Å². The lowest BCUT2D eigenvalue weighted by molar-refractivity contribution is -0.887. The highest BCUT2D eigenvalue weighted by Gasteiger charge is 2.31. The number of hydrogen-bond donors (Lipinski definition) is 1. The van der Waals surface area contributed by atoms with Gasteiger partial charge in [-0.05, 0) is 38.5 Å². The minimum atomic E-state index is -0.870. The van der Waals surface area contributed by atoms with Gasteiger partial charge in [0.2, 0.25) is 0 Å². The van der Waals surface area contributed by atoms with Crippen molar-refractivity contribution in [2.24, 2.45) is 0 Å². The molecular weight excluding hydrogens is 811 g/mol. The van der Waals surface area contributed by atoms with Crippen molar-refractivity contribution in [3.63, 3.8) is 0 Å². The van der Waals surface area contributed by atoms with Crippen molar-refractivity contribution < 1.29 is 38.2 Å². The summed E-state index contributed by atoms with van der Waals surface area (Å²) < 4.78 is 17.4. The Labute approximate surface area is 403 Å². The van der Waals surface area contributed by atoms with Crippen LogP contribution < -0.4 is 0 Å². The van der Waals surface area contributed by atoms with Crippen LogP contribution in [0.15, 0.2) is 12.2 Å². The van der Waals surface area contributed by atoms with Crippen LogP contribution in [0.4, 0.5) is 0 Å². The number of ether oxygens (including phenoxy) is 3. The largest absolute Gasteiger partial charge is 0.477 e. The highest BCUT2D eigenvalue weighted by molar-refractivity contribution is 5.72. The Hall–Kier alpha value is -1.93. The molecule has 0 amide bonds. The molecule has 0 aliphatic rings. The molecule has 65 heavy (non-hydrogen) atoms. The van der Waals surface area contributed by atoms with Gasteiger partial charge >= 0.3 is 17.9 Å². The number of carboxylic acid groups (broad SMARTS) is 1. The maximum Gasteiger partial charge on any atom is 0.362 e. The van der Waals surface area contributed by atoms with E-state index in [9.17, 15) is 19.5 Å². The average Bonchev–Trinajstić information content (AvgIpc) is 3.27. The number of carbonyl (C=O) groups is 3. The normalized spacial score (nSPS) is 12.8. The molecule has 2 unspecified atom stereocenters. The molecule has 384 valence electrons.